The number of hydrogen-bond acceptors (Lipinski definition) is 4. The molecule has 0 aromatic carbocycles. The zero-order valence-corrected chi connectivity index (χ0v) is 9.86. The molecule has 0 spiro atoms. The molecule has 0 aliphatic heterocycles. The highest BCUT2D eigenvalue weighted by molar-refractivity contribution is 7.80. The maximum atomic E-state index is 5.38. The van der Waals surface area contributed by atoms with Crippen LogP contribution in [-0.4, -0.2) is 24.4 Å². The van der Waals surface area contributed by atoms with Gasteiger partial charge in [-0.3, -0.25) is 0 Å². The van der Waals surface area contributed by atoms with Gasteiger partial charge in [-0.1, -0.05) is 13.8 Å². The number of rotatable bonds is 7. The van der Waals surface area contributed by atoms with Crippen LogP contribution in [0.4, 0.5) is 0 Å². The van der Waals surface area contributed by atoms with E-state index in [4.69, 9.17) is 19.9 Å². The Kier molecular flexibility index (Phi) is 6.78. The van der Waals surface area contributed by atoms with E-state index < -0.39 is 5.97 Å². The fraction of sp³-hybridized carbons (Fsp3) is 0.889. The fourth-order valence-corrected chi connectivity index (χ4v) is 1.01. The van der Waals surface area contributed by atoms with E-state index in [1.54, 1.807) is 6.92 Å². The second kappa shape index (κ2) is 6.98. The number of hydrogen-bond donors (Lipinski definition) is 1. The monoisotopic (exact) mass is 221 g/mol. The van der Waals surface area contributed by atoms with Gasteiger partial charge in [-0.15, -0.1) is 0 Å². The van der Waals surface area contributed by atoms with Crippen molar-refractivity contribution < 1.29 is 14.2 Å². The van der Waals surface area contributed by atoms with Crippen molar-refractivity contribution in [2.75, 3.05) is 13.2 Å². The third-order valence-corrected chi connectivity index (χ3v) is 1.51. The third kappa shape index (κ3) is 6.12. The van der Waals surface area contributed by atoms with Gasteiger partial charge in [0.15, 0.2) is 0 Å². The van der Waals surface area contributed by atoms with Crippen molar-refractivity contribution >= 4 is 17.4 Å². The average molecular weight is 221 g/mol. The van der Waals surface area contributed by atoms with Crippen molar-refractivity contribution in [3.63, 3.8) is 0 Å². The first kappa shape index (κ1) is 13.6. The van der Waals surface area contributed by atoms with Crippen molar-refractivity contribution in [1.82, 2.24) is 0 Å². The van der Waals surface area contributed by atoms with Crippen LogP contribution in [0.15, 0.2) is 0 Å². The van der Waals surface area contributed by atoms with Gasteiger partial charge < -0.3 is 19.9 Å². The third-order valence-electron chi connectivity index (χ3n) is 1.42. The van der Waals surface area contributed by atoms with Crippen LogP contribution in [0.25, 0.3) is 0 Å². The van der Waals surface area contributed by atoms with Crippen LogP contribution >= 0.6 is 12.2 Å². The zero-order valence-electron chi connectivity index (χ0n) is 9.04. The molecule has 0 unspecified atom stereocenters. The Balaban J connectivity index is 4.09. The summed E-state index contributed by atoms with van der Waals surface area (Å²) in [5, 5.41) is -0.0697. The van der Waals surface area contributed by atoms with E-state index >= 15 is 0 Å². The molecule has 0 aromatic rings. The summed E-state index contributed by atoms with van der Waals surface area (Å²) >= 11 is 4.64. The van der Waals surface area contributed by atoms with E-state index in [0.717, 1.165) is 12.8 Å². The second-order valence-corrected chi connectivity index (χ2v) is 3.38. The van der Waals surface area contributed by atoms with Gasteiger partial charge in [0.05, 0.1) is 13.2 Å². The minimum Gasteiger partial charge on any atom is -0.414 e. The van der Waals surface area contributed by atoms with E-state index in [-0.39, 0.29) is 5.17 Å². The SMILES string of the molecule is CCCOC(C)(OCCC)OC(N)=S. The van der Waals surface area contributed by atoms with E-state index in [1.165, 1.54) is 0 Å². The molecule has 84 valence electrons. The van der Waals surface area contributed by atoms with Crippen molar-refractivity contribution in [1.29, 1.82) is 0 Å². The molecule has 0 aliphatic rings. The maximum absolute atomic E-state index is 5.38. The van der Waals surface area contributed by atoms with Gasteiger partial charge in [-0.05, 0) is 25.1 Å². The minimum atomic E-state index is -1.14. The quantitative estimate of drug-likeness (QED) is 0.524. The van der Waals surface area contributed by atoms with Gasteiger partial charge in [0, 0.05) is 6.92 Å². The van der Waals surface area contributed by atoms with Crippen LogP contribution in [0.1, 0.15) is 33.6 Å². The van der Waals surface area contributed by atoms with Crippen LogP contribution in [0.2, 0.25) is 0 Å². The summed E-state index contributed by atoms with van der Waals surface area (Å²) in [6.07, 6.45) is 1.76. The summed E-state index contributed by atoms with van der Waals surface area (Å²) in [6.45, 7) is 6.76. The summed E-state index contributed by atoms with van der Waals surface area (Å²) < 4.78 is 15.9. The highest BCUT2D eigenvalue weighted by Crippen LogP contribution is 2.15. The molecule has 0 heterocycles. The van der Waals surface area contributed by atoms with Crippen LogP contribution < -0.4 is 5.73 Å². The van der Waals surface area contributed by atoms with E-state index in [9.17, 15) is 0 Å². The van der Waals surface area contributed by atoms with Crippen molar-refractivity contribution in [2.45, 2.75) is 39.6 Å². The number of ether oxygens (including phenoxy) is 3. The molecule has 0 rings (SSSR count). The lowest BCUT2D eigenvalue weighted by Gasteiger charge is -2.28. The van der Waals surface area contributed by atoms with E-state index in [2.05, 4.69) is 12.2 Å². The lowest BCUT2D eigenvalue weighted by atomic mass is 10.5. The summed E-state index contributed by atoms with van der Waals surface area (Å²) in [7, 11) is 0. The predicted octanol–water partition coefficient (Wildman–Crippen LogP) is 1.77. The topological polar surface area (TPSA) is 53.7 Å². The molecule has 5 heteroatoms. The second-order valence-electron chi connectivity index (χ2n) is 2.98. The van der Waals surface area contributed by atoms with Gasteiger partial charge in [0.25, 0.3) is 5.17 Å². The molecule has 14 heavy (non-hydrogen) atoms. The Morgan fingerprint density at radius 2 is 1.64 bits per heavy atom. The number of nitrogens with two attached hydrogens (primary N) is 1. The first-order valence-corrected chi connectivity index (χ1v) is 5.21. The summed E-state index contributed by atoms with van der Waals surface area (Å²) in [5.74, 6) is -1.14. The molecule has 0 atom stereocenters. The molecule has 0 aliphatic carbocycles. The van der Waals surface area contributed by atoms with Crippen LogP contribution in [0, 0.1) is 0 Å². The molecule has 0 saturated heterocycles. The number of thiocarbonyl (C=S) groups is 1. The van der Waals surface area contributed by atoms with Crippen molar-refractivity contribution in [3.05, 3.63) is 0 Å². The van der Waals surface area contributed by atoms with Crippen LogP contribution in [-0.2, 0) is 14.2 Å². The highest BCUT2D eigenvalue weighted by atomic mass is 32.1. The summed E-state index contributed by atoms with van der Waals surface area (Å²) in [6, 6.07) is 0. The molecule has 0 amide bonds. The average Bonchev–Trinajstić information content (AvgIpc) is 2.11. The molecule has 0 radical (unpaired) electrons. The Hall–Kier alpha value is -0.390. The molecule has 0 bridgehead atoms. The van der Waals surface area contributed by atoms with Gasteiger partial charge in [-0.2, -0.15) is 0 Å². The molecule has 0 fully saturated rings. The Morgan fingerprint density at radius 1 is 1.21 bits per heavy atom. The first-order valence-electron chi connectivity index (χ1n) is 4.80. The van der Waals surface area contributed by atoms with E-state index in [1.807, 2.05) is 13.8 Å². The van der Waals surface area contributed by atoms with Gasteiger partial charge in [-0.25, -0.2) is 0 Å². The highest BCUT2D eigenvalue weighted by Gasteiger charge is 2.28. The molecule has 0 saturated carbocycles. The predicted molar refractivity (Wildman–Crippen MR) is 58.8 cm³/mol. The van der Waals surface area contributed by atoms with Crippen LogP contribution in [0.5, 0.6) is 0 Å². The van der Waals surface area contributed by atoms with Crippen molar-refractivity contribution in [2.24, 2.45) is 5.73 Å². The summed E-state index contributed by atoms with van der Waals surface area (Å²) in [5.41, 5.74) is 5.27. The first-order chi connectivity index (χ1) is 6.54. The van der Waals surface area contributed by atoms with E-state index in [0.29, 0.717) is 13.2 Å². The largest absolute Gasteiger partial charge is 0.414 e. The molecule has 0 aromatic heterocycles. The molecule has 2 N–H and O–H groups in total. The Bertz CT molecular complexity index is 167. The maximum Gasteiger partial charge on any atom is 0.325 e. The van der Waals surface area contributed by atoms with Gasteiger partial charge >= 0.3 is 5.97 Å². The Labute approximate surface area is 90.7 Å². The fourth-order valence-electron chi connectivity index (χ4n) is 0.858. The normalized spacial score (nSPS) is 11.4. The van der Waals surface area contributed by atoms with Crippen LogP contribution in [0.3, 0.4) is 0 Å². The lowest BCUT2D eigenvalue weighted by Crippen LogP contribution is -2.40. The minimum absolute atomic E-state index is 0.0697. The van der Waals surface area contributed by atoms with Crippen molar-refractivity contribution in [3.8, 4) is 0 Å². The molecular weight excluding hydrogens is 202 g/mol. The molecule has 4 nitrogen and oxygen atoms in total. The zero-order chi connectivity index (χ0) is 11.0. The summed E-state index contributed by atoms with van der Waals surface area (Å²) in [4.78, 5) is 0. The molecular formula is C9H19NO3S. The van der Waals surface area contributed by atoms with Gasteiger partial charge in [0.2, 0.25) is 0 Å². The standard InChI is InChI=1S/C9H19NO3S/c1-4-6-11-9(3,12-7-5-2)13-8(10)14/h4-7H2,1-3H3,(H2,10,14). The smallest absolute Gasteiger partial charge is 0.325 e. The van der Waals surface area contributed by atoms with Gasteiger partial charge in [0.1, 0.15) is 0 Å². The lowest BCUT2D eigenvalue weighted by molar-refractivity contribution is -0.338. The Morgan fingerprint density at radius 3 is 1.93 bits per heavy atom.